The van der Waals surface area contributed by atoms with Crippen LogP contribution in [0.1, 0.15) is 69.1 Å². The molecule has 0 radical (unpaired) electrons. The zero-order valence-corrected chi connectivity index (χ0v) is 25.6. The van der Waals surface area contributed by atoms with Crippen LogP contribution in [0.25, 0.3) is 0 Å². The van der Waals surface area contributed by atoms with Crippen LogP contribution in [0.2, 0.25) is 0 Å². The van der Waals surface area contributed by atoms with Gasteiger partial charge in [0.15, 0.2) is 9.64 Å². The number of carbonyl (C=O) groups is 2. The van der Waals surface area contributed by atoms with Crippen LogP contribution in [0.5, 0.6) is 0 Å². The number of likely N-dealkylation sites (tertiary alicyclic amines) is 1. The van der Waals surface area contributed by atoms with Crippen molar-refractivity contribution in [3.8, 4) is 0 Å². The Hall–Kier alpha value is -2.87. The van der Waals surface area contributed by atoms with Crippen LogP contribution in [0.3, 0.4) is 0 Å². The lowest BCUT2D eigenvalue weighted by Crippen LogP contribution is -2.50. The molecule has 248 valence electrons. The first-order valence-electron chi connectivity index (χ1n) is 14.3. The van der Waals surface area contributed by atoms with Gasteiger partial charge in [-0.2, -0.15) is 26.3 Å². The fraction of sp³-hybridized carbons (Fsp3) is 0.548. The van der Waals surface area contributed by atoms with Gasteiger partial charge in [0.1, 0.15) is 5.82 Å². The van der Waals surface area contributed by atoms with Crippen LogP contribution < -0.4 is 0 Å². The summed E-state index contributed by atoms with van der Waals surface area (Å²) in [6.45, 7) is 4.62. The third kappa shape index (κ3) is 5.81. The average molecular weight is 668 g/mol. The molecule has 1 N–H and O–H groups in total. The van der Waals surface area contributed by atoms with Gasteiger partial charge in [-0.1, -0.05) is 31.2 Å². The minimum absolute atomic E-state index is 0.0150. The van der Waals surface area contributed by atoms with Crippen molar-refractivity contribution in [2.75, 3.05) is 13.1 Å². The lowest BCUT2D eigenvalue weighted by molar-refractivity contribution is -0.348. The van der Waals surface area contributed by atoms with Crippen LogP contribution in [-0.2, 0) is 31.2 Å². The number of carbonyl (C=O) groups excluding carboxylic acids is 1. The number of aryl methyl sites for hydroxylation is 1. The van der Waals surface area contributed by atoms with Gasteiger partial charge in [-0.3, -0.25) is 9.59 Å². The highest BCUT2D eigenvalue weighted by atomic mass is 32.2. The summed E-state index contributed by atoms with van der Waals surface area (Å²) < 4.78 is 122. The normalized spacial score (nSPS) is 27.0. The summed E-state index contributed by atoms with van der Waals surface area (Å²) in [5.74, 6) is -1.88. The Labute approximate surface area is 258 Å². The first-order valence-corrected chi connectivity index (χ1v) is 15.5. The van der Waals surface area contributed by atoms with E-state index in [1.165, 1.54) is 24.0 Å². The van der Waals surface area contributed by atoms with Gasteiger partial charge in [-0.05, 0) is 80.9 Å². The molecule has 0 aromatic heterocycles. The SMILES string of the molecule is CCC1(C(=O)N2CC[C@](c3ccc(C(F)(C(F)(F)F)C(F)(F)F)cc3)([S+]([O-])c3ccc(F)c(C)c3)C2)CCC(C)(C(=O)O)CC1. The number of hydrogen-bond donors (Lipinski definition) is 1. The van der Waals surface area contributed by atoms with E-state index < -0.39 is 62.1 Å². The second kappa shape index (κ2) is 11.7. The number of rotatable bonds is 7. The maximum Gasteiger partial charge on any atom is 0.435 e. The summed E-state index contributed by atoms with van der Waals surface area (Å²) in [4.78, 5) is 27.4. The molecule has 0 spiro atoms. The van der Waals surface area contributed by atoms with Crippen LogP contribution in [0, 0.1) is 23.6 Å². The smallest absolute Gasteiger partial charge is 0.435 e. The zero-order valence-electron chi connectivity index (χ0n) is 24.7. The third-order valence-electron chi connectivity index (χ3n) is 9.76. The monoisotopic (exact) mass is 667 g/mol. The molecule has 45 heavy (non-hydrogen) atoms. The molecule has 5 nitrogen and oxygen atoms in total. The lowest BCUT2D eigenvalue weighted by atomic mass is 9.62. The minimum atomic E-state index is -6.32. The van der Waals surface area contributed by atoms with E-state index in [1.54, 1.807) is 13.8 Å². The predicted octanol–water partition coefficient (Wildman–Crippen LogP) is 7.72. The van der Waals surface area contributed by atoms with Gasteiger partial charge in [0.05, 0.1) is 12.0 Å². The molecule has 1 amide bonds. The maximum absolute atomic E-state index is 14.8. The highest BCUT2D eigenvalue weighted by Crippen LogP contribution is 2.54. The van der Waals surface area contributed by atoms with Crippen molar-refractivity contribution < 1.29 is 54.4 Å². The first-order chi connectivity index (χ1) is 20.7. The predicted molar refractivity (Wildman–Crippen MR) is 149 cm³/mol. The number of carboxylic acids is 1. The second-order valence-electron chi connectivity index (χ2n) is 12.4. The van der Waals surface area contributed by atoms with Crippen LogP contribution >= 0.6 is 0 Å². The van der Waals surface area contributed by atoms with E-state index in [1.807, 2.05) is 0 Å². The number of benzene rings is 2. The zero-order chi connectivity index (χ0) is 33.8. The lowest BCUT2D eigenvalue weighted by Gasteiger charge is -2.43. The summed E-state index contributed by atoms with van der Waals surface area (Å²) in [6.07, 6.45) is -11.2. The molecule has 1 saturated carbocycles. The van der Waals surface area contributed by atoms with Gasteiger partial charge in [-0.15, -0.1) is 0 Å². The standard InChI is InChI=1S/C31H33F8NO4S/c1-4-27(13-11-26(3,12-14-27)25(42)43)24(41)40-16-15-28(18-40,45(44)22-9-10-23(32)19(2)17-22)20-5-7-21(8-6-20)29(33,30(34,35)36)31(37,38)39/h5-10,17H,4,11-16,18H2,1-3H3,(H,42,43)/t26?,27?,28-,45?/m0/s1. The van der Waals surface area contributed by atoms with Gasteiger partial charge in [0.2, 0.25) is 5.91 Å². The van der Waals surface area contributed by atoms with E-state index in [2.05, 4.69) is 0 Å². The molecular weight excluding hydrogens is 634 g/mol. The molecule has 4 rings (SSSR count). The van der Waals surface area contributed by atoms with Crippen molar-refractivity contribution in [1.82, 2.24) is 4.90 Å². The quantitative estimate of drug-likeness (QED) is 0.242. The summed E-state index contributed by atoms with van der Waals surface area (Å²) >= 11 is -2.10. The Morgan fingerprint density at radius 1 is 0.933 bits per heavy atom. The molecule has 2 atom stereocenters. The molecular formula is C31H33F8NO4S. The fourth-order valence-electron chi connectivity index (χ4n) is 6.45. The Balaban J connectivity index is 1.75. The van der Waals surface area contributed by atoms with E-state index in [0.29, 0.717) is 18.6 Å². The summed E-state index contributed by atoms with van der Waals surface area (Å²) in [5, 5.41) is 9.65. The number of amides is 1. The van der Waals surface area contributed by atoms with Crippen molar-refractivity contribution >= 4 is 23.1 Å². The molecule has 14 heteroatoms. The summed E-state index contributed by atoms with van der Waals surface area (Å²) in [5.41, 5.74) is -9.13. The Morgan fingerprint density at radius 3 is 1.96 bits per heavy atom. The topological polar surface area (TPSA) is 80.7 Å². The number of hydrogen-bond acceptors (Lipinski definition) is 3. The molecule has 1 aliphatic heterocycles. The highest BCUT2D eigenvalue weighted by Gasteiger charge is 2.73. The first kappa shape index (κ1) is 35.0. The van der Waals surface area contributed by atoms with Crippen molar-refractivity contribution in [3.63, 3.8) is 0 Å². The number of halogens is 8. The highest BCUT2D eigenvalue weighted by molar-refractivity contribution is 7.92. The van der Waals surface area contributed by atoms with Crippen LogP contribution in [-0.4, -0.2) is 51.9 Å². The molecule has 1 heterocycles. The van der Waals surface area contributed by atoms with Crippen molar-refractivity contribution in [3.05, 3.63) is 65.0 Å². The van der Waals surface area contributed by atoms with E-state index in [-0.39, 0.29) is 67.1 Å². The molecule has 1 unspecified atom stereocenters. The van der Waals surface area contributed by atoms with Crippen molar-refractivity contribution in [2.24, 2.45) is 10.8 Å². The average Bonchev–Trinajstić information content (AvgIpc) is 3.43. The van der Waals surface area contributed by atoms with E-state index in [9.17, 15) is 54.4 Å². The van der Waals surface area contributed by atoms with Gasteiger partial charge >= 0.3 is 24.0 Å². The fourth-order valence-corrected chi connectivity index (χ4v) is 8.27. The van der Waals surface area contributed by atoms with Gasteiger partial charge in [-0.25, -0.2) is 8.78 Å². The number of nitrogens with zero attached hydrogens (tertiary/aromatic N) is 1. The largest absolute Gasteiger partial charge is 0.611 e. The maximum atomic E-state index is 14.8. The number of carboxylic acid groups (broad SMARTS) is 1. The number of alkyl halides is 7. The molecule has 2 fully saturated rings. The minimum Gasteiger partial charge on any atom is -0.611 e. The van der Waals surface area contributed by atoms with Crippen molar-refractivity contribution in [2.45, 2.75) is 87.0 Å². The molecule has 2 aliphatic rings. The van der Waals surface area contributed by atoms with E-state index in [4.69, 9.17) is 0 Å². The Morgan fingerprint density at radius 2 is 1.49 bits per heavy atom. The van der Waals surface area contributed by atoms with Gasteiger partial charge in [0.25, 0.3) is 0 Å². The molecule has 0 bridgehead atoms. The number of aliphatic carboxylic acids is 1. The third-order valence-corrected chi connectivity index (χ3v) is 11.7. The Kier molecular flexibility index (Phi) is 9.13. The summed E-state index contributed by atoms with van der Waals surface area (Å²) in [6, 6.07) is 6.08. The van der Waals surface area contributed by atoms with Crippen molar-refractivity contribution in [1.29, 1.82) is 0 Å². The Bertz CT molecular complexity index is 1420. The van der Waals surface area contributed by atoms with Crippen LogP contribution in [0.15, 0.2) is 47.4 Å². The summed E-state index contributed by atoms with van der Waals surface area (Å²) in [7, 11) is 0. The van der Waals surface area contributed by atoms with E-state index in [0.717, 1.165) is 18.2 Å². The second-order valence-corrected chi connectivity index (χ2v) is 14.2. The molecule has 2 aromatic rings. The van der Waals surface area contributed by atoms with Crippen LogP contribution in [0.4, 0.5) is 35.1 Å². The molecule has 1 aliphatic carbocycles. The van der Waals surface area contributed by atoms with E-state index >= 15 is 0 Å². The van der Waals surface area contributed by atoms with Gasteiger partial charge < -0.3 is 14.6 Å². The van der Waals surface area contributed by atoms with Gasteiger partial charge in [0, 0.05) is 29.5 Å². The molecule has 1 saturated heterocycles. The molecule has 2 aromatic carbocycles.